The Hall–Kier alpha value is -4.03. The van der Waals surface area contributed by atoms with Gasteiger partial charge in [0.25, 0.3) is 11.8 Å². The number of halogens is 1. The third-order valence-electron chi connectivity index (χ3n) is 5.02. The second-order valence-corrected chi connectivity index (χ2v) is 8.00. The lowest BCUT2D eigenvalue weighted by molar-refractivity contribution is -0.122. The molecule has 0 radical (unpaired) electrons. The Kier molecular flexibility index (Phi) is 8.34. The quantitative estimate of drug-likeness (QED) is 0.360. The number of carbonyl (C=O) groups excluding carboxylic acids is 3. The number of rotatable bonds is 10. The summed E-state index contributed by atoms with van der Waals surface area (Å²) in [6.45, 7) is 0.393. The van der Waals surface area contributed by atoms with Gasteiger partial charge < -0.3 is 26.3 Å². The molecule has 0 fully saturated rings. The number of anilines is 2. The van der Waals surface area contributed by atoms with Crippen LogP contribution in [0, 0.1) is 5.82 Å². The van der Waals surface area contributed by atoms with Gasteiger partial charge in [-0.1, -0.05) is 24.3 Å². The number of methoxy groups -OCH3 is 2. The standard InChI is InChI=1S/C23H24FN5O5S/c1-33-12-11-27-22(31)19(13-7-9-14(24)10-8-13)29(15-5-3-4-6-16(15)34-2)23(32)20-17(25)18(21(26)30)28-35-20/h3-10,19H,11-12,25H2,1-2H3,(H2,26,30)(H,27,31). The molecular formula is C23H24FN5O5S. The first-order chi connectivity index (χ1) is 16.8. The van der Waals surface area contributed by atoms with E-state index < -0.39 is 29.6 Å². The molecule has 3 amide bonds. The topological polar surface area (TPSA) is 150 Å². The number of nitrogens with two attached hydrogens (primary N) is 2. The lowest BCUT2D eigenvalue weighted by Gasteiger charge is -2.32. The Bertz CT molecular complexity index is 1220. The lowest BCUT2D eigenvalue weighted by Crippen LogP contribution is -2.45. The van der Waals surface area contributed by atoms with Gasteiger partial charge >= 0.3 is 0 Å². The van der Waals surface area contributed by atoms with E-state index in [4.69, 9.17) is 20.9 Å². The third kappa shape index (κ3) is 5.55. The predicted octanol–water partition coefficient (Wildman–Crippen LogP) is 2.12. The molecule has 0 bridgehead atoms. The summed E-state index contributed by atoms with van der Waals surface area (Å²) in [6.07, 6.45) is 0. The summed E-state index contributed by atoms with van der Waals surface area (Å²) in [4.78, 5) is 40.1. The number of primary amides is 1. The number of para-hydroxylation sites is 2. The van der Waals surface area contributed by atoms with E-state index in [-0.39, 0.29) is 40.8 Å². The number of aromatic nitrogens is 1. The molecule has 0 aliphatic rings. The second kappa shape index (κ2) is 11.4. The number of carbonyl (C=O) groups is 3. The molecule has 1 unspecified atom stereocenters. The molecule has 35 heavy (non-hydrogen) atoms. The summed E-state index contributed by atoms with van der Waals surface area (Å²) >= 11 is 0.678. The maximum atomic E-state index is 13.9. The molecule has 1 aromatic heterocycles. The Labute approximate surface area is 204 Å². The summed E-state index contributed by atoms with van der Waals surface area (Å²) in [6, 6.07) is 10.5. The number of ether oxygens (including phenoxy) is 2. The van der Waals surface area contributed by atoms with Gasteiger partial charge in [-0.2, -0.15) is 4.37 Å². The summed E-state index contributed by atoms with van der Waals surface area (Å²) in [5.41, 5.74) is 11.4. The first kappa shape index (κ1) is 25.6. The van der Waals surface area contributed by atoms with Crippen molar-refractivity contribution in [3.8, 4) is 5.75 Å². The molecule has 12 heteroatoms. The molecule has 3 aromatic rings. The van der Waals surface area contributed by atoms with E-state index in [1.54, 1.807) is 24.3 Å². The van der Waals surface area contributed by atoms with Crippen LogP contribution in [0.15, 0.2) is 48.5 Å². The van der Waals surface area contributed by atoms with Gasteiger partial charge in [0.2, 0.25) is 5.91 Å². The van der Waals surface area contributed by atoms with Crippen LogP contribution in [0.4, 0.5) is 15.8 Å². The Morgan fingerprint density at radius 1 is 1.14 bits per heavy atom. The maximum absolute atomic E-state index is 13.9. The van der Waals surface area contributed by atoms with E-state index in [2.05, 4.69) is 9.69 Å². The fraction of sp³-hybridized carbons (Fsp3) is 0.217. The number of benzene rings is 2. The molecule has 2 aromatic carbocycles. The molecule has 1 heterocycles. The van der Waals surface area contributed by atoms with E-state index in [9.17, 15) is 18.8 Å². The molecular weight excluding hydrogens is 477 g/mol. The SMILES string of the molecule is COCCNC(=O)C(c1ccc(F)cc1)N(C(=O)c1snc(C(N)=O)c1N)c1ccccc1OC. The van der Waals surface area contributed by atoms with E-state index in [1.807, 2.05) is 0 Å². The van der Waals surface area contributed by atoms with Crippen LogP contribution in [0.2, 0.25) is 0 Å². The van der Waals surface area contributed by atoms with E-state index >= 15 is 0 Å². The van der Waals surface area contributed by atoms with Crippen LogP contribution in [0.25, 0.3) is 0 Å². The first-order valence-electron chi connectivity index (χ1n) is 10.3. The Morgan fingerprint density at radius 3 is 2.43 bits per heavy atom. The molecule has 0 spiro atoms. The number of nitrogens with one attached hydrogen (secondary N) is 1. The molecule has 0 saturated heterocycles. The van der Waals surface area contributed by atoms with E-state index in [1.165, 1.54) is 43.4 Å². The highest BCUT2D eigenvalue weighted by Gasteiger charge is 2.37. The monoisotopic (exact) mass is 501 g/mol. The predicted molar refractivity (Wildman–Crippen MR) is 129 cm³/mol. The van der Waals surface area contributed by atoms with Crippen LogP contribution in [0.5, 0.6) is 5.75 Å². The van der Waals surface area contributed by atoms with Crippen LogP contribution >= 0.6 is 11.5 Å². The van der Waals surface area contributed by atoms with Crippen molar-refractivity contribution in [3.05, 3.63) is 70.5 Å². The number of hydrogen-bond donors (Lipinski definition) is 3. The van der Waals surface area contributed by atoms with Crippen LogP contribution < -0.4 is 26.4 Å². The molecule has 0 saturated carbocycles. The van der Waals surface area contributed by atoms with Crippen molar-refractivity contribution < 1.29 is 28.2 Å². The molecule has 3 rings (SSSR count). The number of nitrogen functional groups attached to an aromatic ring is 1. The average molecular weight is 502 g/mol. The Balaban J connectivity index is 2.22. The molecule has 10 nitrogen and oxygen atoms in total. The fourth-order valence-electron chi connectivity index (χ4n) is 3.37. The molecule has 0 aliphatic heterocycles. The van der Waals surface area contributed by atoms with E-state index in [0.717, 1.165) is 0 Å². The smallest absolute Gasteiger partial charge is 0.273 e. The zero-order chi connectivity index (χ0) is 25.5. The van der Waals surface area contributed by atoms with Crippen molar-refractivity contribution >= 4 is 40.6 Å². The lowest BCUT2D eigenvalue weighted by atomic mass is 10.0. The first-order valence-corrected chi connectivity index (χ1v) is 11.1. The third-order valence-corrected chi connectivity index (χ3v) is 5.87. The van der Waals surface area contributed by atoms with Gasteiger partial charge in [0, 0.05) is 13.7 Å². The molecule has 184 valence electrons. The zero-order valence-corrected chi connectivity index (χ0v) is 19.8. The van der Waals surface area contributed by atoms with Gasteiger partial charge in [-0.05, 0) is 41.4 Å². The van der Waals surface area contributed by atoms with Crippen molar-refractivity contribution in [3.63, 3.8) is 0 Å². The summed E-state index contributed by atoms with van der Waals surface area (Å²) in [7, 11) is 2.90. The van der Waals surface area contributed by atoms with Crippen LogP contribution in [-0.2, 0) is 9.53 Å². The largest absolute Gasteiger partial charge is 0.495 e. The average Bonchev–Trinajstić information content (AvgIpc) is 3.24. The highest BCUT2D eigenvalue weighted by atomic mass is 32.1. The fourth-order valence-corrected chi connectivity index (χ4v) is 4.11. The van der Waals surface area contributed by atoms with Crippen LogP contribution in [0.3, 0.4) is 0 Å². The molecule has 0 aliphatic carbocycles. The normalized spacial score (nSPS) is 11.5. The highest BCUT2D eigenvalue weighted by Crippen LogP contribution is 2.37. The van der Waals surface area contributed by atoms with Gasteiger partial charge in [-0.25, -0.2) is 4.39 Å². The van der Waals surface area contributed by atoms with Crippen molar-refractivity contribution in [1.82, 2.24) is 9.69 Å². The summed E-state index contributed by atoms with van der Waals surface area (Å²) in [5.74, 6) is -2.41. The van der Waals surface area contributed by atoms with Gasteiger partial charge in [0.05, 0.1) is 25.1 Å². The summed E-state index contributed by atoms with van der Waals surface area (Å²) in [5, 5.41) is 2.72. The van der Waals surface area contributed by atoms with Crippen molar-refractivity contribution in [2.75, 3.05) is 38.0 Å². The zero-order valence-electron chi connectivity index (χ0n) is 19.0. The van der Waals surface area contributed by atoms with Gasteiger partial charge in [-0.3, -0.25) is 19.3 Å². The van der Waals surface area contributed by atoms with Crippen LogP contribution in [0.1, 0.15) is 31.8 Å². The van der Waals surface area contributed by atoms with Crippen molar-refractivity contribution in [2.45, 2.75) is 6.04 Å². The van der Waals surface area contributed by atoms with Crippen molar-refractivity contribution in [2.24, 2.45) is 5.73 Å². The second-order valence-electron chi connectivity index (χ2n) is 7.22. The number of hydrogen-bond acceptors (Lipinski definition) is 8. The van der Waals surface area contributed by atoms with Gasteiger partial charge in [0.1, 0.15) is 22.5 Å². The van der Waals surface area contributed by atoms with E-state index in [0.29, 0.717) is 17.1 Å². The minimum absolute atomic E-state index is 0.0958. The van der Waals surface area contributed by atoms with Gasteiger partial charge in [0.15, 0.2) is 5.69 Å². The number of amides is 3. The highest BCUT2D eigenvalue weighted by molar-refractivity contribution is 7.09. The van der Waals surface area contributed by atoms with Crippen LogP contribution in [-0.4, -0.2) is 49.5 Å². The molecule has 1 atom stereocenters. The minimum atomic E-state index is -1.27. The number of nitrogens with zero attached hydrogens (tertiary/aromatic N) is 2. The Morgan fingerprint density at radius 2 is 1.83 bits per heavy atom. The molecule has 5 N–H and O–H groups in total. The van der Waals surface area contributed by atoms with Crippen molar-refractivity contribution in [1.29, 1.82) is 0 Å². The van der Waals surface area contributed by atoms with Gasteiger partial charge in [-0.15, -0.1) is 0 Å². The maximum Gasteiger partial charge on any atom is 0.273 e. The summed E-state index contributed by atoms with van der Waals surface area (Å²) < 4.78 is 28.1. The minimum Gasteiger partial charge on any atom is -0.495 e.